The minimum Gasteiger partial charge on any atom is -0.329 e. The molecule has 2 aromatic rings. The van der Waals surface area contributed by atoms with Crippen LogP contribution in [0.3, 0.4) is 0 Å². The van der Waals surface area contributed by atoms with Gasteiger partial charge in [0.15, 0.2) is 0 Å². The molecule has 0 spiro atoms. The number of hydrogen-bond donors (Lipinski definition) is 1. The summed E-state index contributed by atoms with van der Waals surface area (Å²) in [6, 6.07) is 8.19. The van der Waals surface area contributed by atoms with Crippen LogP contribution in [0.5, 0.6) is 0 Å². The van der Waals surface area contributed by atoms with Gasteiger partial charge in [-0.1, -0.05) is 32.0 Å². The van der Waals surface area contributed by atoms with Crippen LogP contribution in [0.15, 0.2) is 29.6 Å². The summed E-state index contributed by atoms with van der Waals surface area (Å²) in [7, 11) is 0. The molecule has 1 aromatic carbocycles. The van der Waals surface area contributed by atoms with E-state index in [0.29, 0.717) is 13.0 Å². The molecule has 2 nitrogen and oxygen atoms in total. The highest BCUT2D eigenvalue weighted by Crippen LogP contribution is 2.28. The number of carbonyl (C=O) groups is 1. The van der Waals surface area contributed by atoms with Gasteiger partial charge in [0, 0.05) is 23.1 Å². The van der Waals surface area contributed by atoms with Gasteiger partial charge < -0.3 is 5.73 Å². The van der Waals surface area contributed by atoms with Crippen molar-refractivity contribution in [3.63, 3.8) is 0 Å². The van der Waals surface area contributed by atoms with Gasteiger partial charge in [-0.3, -0.25) is 4.79 Å². The van der Waals surface area contributed by atoms with Crippen LogP contribution in [0, 0.1) is 5.41 Å². The predicted octanol–water partition coefficient (Wildman–Crippen LogP) is 3.00. The van der Waals surface area contributed by atoms with Crippen LogP contribution in [-0.4, -0.2) is 12.3 Å². The van der Waals surface area contributed by atoms with Crippen molar-refractivity contribution >= 4 is 27.2 Å². The third-order valence-electron chi connectivity index (χ3n) is 3.18. The molecule has 0 aliphatic rings. The summed E-state index contributed by atoms with van der Waals surface area (Å²) in [5.41, 5.74) is 6.33. The maximum Gasteiger partial charge on any atom is 0.144 e. The van der Waals surface area contributed by atoms with E-state index in [1.54, 1.807) is 11.3 Å². The summed E-state index contributed by atoms with van der Waals surface area (Å²) in [4.78, 5) is 12.1. The minimum atomic E-state index is -0.428. The molecule has 0 amide bonds. The molecule has 0 bridgehead atoms. The first-order valence-electron chi connectivity index (χ1n) is 5.73. The Morgan fingerprint density at radius 3 is 2.76 bits per heavy atom. The molecule has 3 heteroatoms. The van der Waals surface area contributed by atoms with Gasteiger partial charge in [0.05, 0.1) is 0 Å². The number of ketones is 1. The Morgan fingerprint density at radius 2 is 2.06 bits per heavy atom. The summed E-state index contributed by atoms with van der Waals surface area (Å²) in [6.45, 7) is 4.21. The number of hydrogen-bond acceptors (Lipinski definition) is 3. The van der Waals surface area contributed by atoms with Gasteiger partial charge in [0.1, 0.15) is 5.78 Å². The predicted molar refractivity (Wildman–Crippen MR) is 73.4 cm³/mol. The van der Waals surface area contributed by atoms with Crippen molar-refractivity contribution < 1.29 is 4.79 Å². The largest absolute Gasteiger partial charge is 0.329 e. The molecule has 0 saturated heterocycles. The zero-order valence-electron chi connectivity index (χ0n) is 10.2. The van der Waals surface area contributed by atoms with Crippen molar-refractivity contribution in [1.29, 1.82) is 0 Å². The number of fused-ring (bicyclic) bond motifs is 1. The number of rotatable bonds is 4. The Balaban J connectivity index is 2.28. The molecular weight excluding hydrogens is 230 g/mol. The molecule has 0 unspecified atom stereocenters. The van der Waals surface area contributed by atoms with Crippen LogP contribution in [0.1, 0.15) is 19.4 Å². The Kier molecular flexibility index (Phi) is 3.31. The van der Waals surface area contributed by atoms with Crippen molar-refractivity contribution in [2.24, 2.45) is 11.1 Å². The topological polar surface area (TPSA) is 43.1 Å². The van der Waals surface area contributed by atoms with E-state index >= 15 is 0 Å². The van der Waals surface area contributed by atoms with E-state index in [0.717, 1.165) is 5.56 Å². The van der Waals surface area contributed by atoms with Crippen LogP contribution in [0.4, 0.5) is 0 Å². The Hall–Kier alpha value is -1.19. The van der Waals surface area contributed by atoms with Crippen LogP contribution >= 0.6 is 11.3 Å². The van der Waals surface area contributed by atoms with Crippen LogP contribution in [-0.2, 0) is 11.2 Å². The molecule has 0 atom stereocenters. The molecule has 2 N–H and O–H groups in total. The van der Waals surface area contributed by atoms with Crippen molar-refractivity contribution in [3.8, 4) is 0 Å². The molecule has 0 radical (unpaired) electrons. The summed E-state index contributed by atoms with van der Waals surface area (Å²) >= 11 is 1.69. The normalized spacial score (nSPS) is 11.9. The lowest BCUT2D eigenvalue weighted by molar-refractivity contribution is -0.125. The monoisotopic (exact) mass is 247 g/mol. The maximum atomic E-state index is 12.1. The molecule has 0 aliphatic carbocycles. The first-order valence-corrected chi connectivity index (χ1v) is 6.61. The lowest BCUT2D eigenvalue weighted by Gasteiger charge is -2.20. The molecule has 0 aliphatic heterocycles. The fourth-order valence-corrected chi connectivity index (χ4v) is 2.66. The van der Waals surface area contributed by atoms with E-state index in [2.05, 4.69) is 17.5 Å². The van der Waals surface area contributed by atoms with Crippen molar-refractivity contribution in [1.82, 2.24) is 0 Å². The summed E-state index contributed by atoms with van der Waals surface area (Å²) < 4.78 is 1.24. The Bertz CT molecular complexity index is 542. The van der Waals surface area contributed by atoms with Gasteiger partial charge >= 0.3 is 0 Å². The van der Waals surface area contributed by atoms with Crippen molar-refractivity contribution in [2.75, 3.05) is 6.54 Å². The highest BCUT2D eigenvalue weighted by atomic mass is 32.1. The molecule has 17 heavy (non-hydrogen) atoms. The van der Waals surface area contributed by atoms with Crippen molar-refractivity contribution in [3.05, 3.63) is 35.2 Å². The van der Waals surface area contributed by atoms with Gasteiger partial charge in [0.2, 0.25) is 0 Å². The number of benzene rings is 1. The quantitative estimate of drug-likeness (QED) is 0.902. The first kappa shape index (κ1) is 12.3. The highest BCUT2D eigenvalue weighted by Gasteiger charge is 2.26. The SMILES string of the molecule is CC(C)(CN)C(=O)Cc1csc2ccccc12. The lowest BCUT2D eigenvalue weighted by Crippen LogP contribution is -2.33. The van der Waals surface area contributed by atoms with E-state index < -0.39 is 5.41 Å². The van der Waals surface area contributed by atoms with E-state index in [-0.39, 0.29) is 5.78 Å². The Labute approximate surface area is 105 Å². The standard InChI is InChI=1S/C14H17NOS/c1-14(2,9-15)13(16)7-10-8-17-12-6-4-3-5-11(10)12/h3-6,8H,7,9,15H2,1-2H3. The van der Waals surface area contributed by atoms with E-state index in [9.17, 15) is 4.79 Å². The fraction of sp³-hybridized carbons (Fsp3) is 0.357. The second kappa shape index (κ2) is 4.59. The van der Waals surface area contributed by atoms with E-state index in [1.165, 1.54) is 10.1 Å². The number of Topliss-reactive ketones (excluding diaryl/α,β-unsaturated/α-hetero) is 1. The summed E-state index contributed by atoms with van der Waals surface area (Å²) in [5.74, 6) is 0.212. The molecule has 1 heterocycles. The zero-order chi connectivity index (χ0) is 12.5. The molecular formula is C14H17NOS. The first-order chi connectivity index (χ1) is 8.04. The van der Waals surface area contributed by atoms with Gasteiger partial charge in [-0.05, 0) is 22.4 Å². The lowest BCUT2D eigenvalue weighted by atomic mass is 9.85. The second-order valence-electron chi connectivity index (χ2n) is 4.95. The summed E-state index contributed by atoms with van der Waals surface area (Å²) in [6.07, 6.45) is 0.480. The maximum absolute atomic E-state index is 12.1. The van der Waals surface area contributed by atoms with E-state index in [1.807, 2.05) is 26.0 Å². The molecule has 0 fully saturated rings. The smallest absolute Gasteiger partial charge is 0.144 e. The average molecular weight is 247 g/mol. The molecule has 90 valence electrons. The minimum absolute atomic E-state index is 0.212. The van der Waals surface area contributed by atoms with Gasteiger partial charge in [-0.15, -0.1) is 11.3 Å². The van der Waals surface area contributed by atoms with Gasteiger partial charge in [0.25, 0.3) is 0 Å². The second-order valence-corrected chi connectivity index (χ2v) is 5.86. The number of nitrogens with two attached hydrogens (primary N) is 1. The van der Waals surface area contributed by atoms with Crippen molar-refractivity contribution in [2.45, 2.75) is 20.3 Å². The number of carbonyl (C=O) groups excluding carboxylic acids is 1. The van der Waals surface area contributed by atoms with Gasteiger partial charge in [-0.2, -0.15) is 0 Å². The van der Waals surface area contributed by atoms with Gasteiger partial charge in [-0.25, -0.2) is 0 Å². The summed E-state index contributed by atoms with van der Waals surface area (Å²) in [5, 5.41) is 3.27. The highest BCUT2D eigenvalue weighted by molar-refractivity contribution is 7.17. The molecule has 2 rings (SSSR count). The molecule has 0 saturated carbocycles. The number of thiophene rings is 1. The Morgan fingerprint density at radius 1 is 1.35 bits per heavy atom. The average Bonchev–Trinajstić information content (AvgIpc) is 2.73. The van der Waals surface area contributed by atoms with Crippen LogP contribution in [0.25, 0.3) is 10.1 Å². The zero-order valence-corrected chi connectivity index (χ0v) is 11.0. The third-order valence-corrected chi connectivity index (χ3v) is 4.19. The van der Waals surface area contributed by atoms with Crippen LogP contribution in [0.2, 0.25) is 0 Å². The fourth-order valence-electron chi connectivity index (χ4n) is 1.70. The third kappa shape index (κ3) is 2.40. The van der Waals surface area contributed by atoms with E-state index in [4.69, 9.17) is 5.73 Å². The molecule has 1 aromatic heterocycles. The van der Waals surface area contributed by atoms with Crippen LogP contribution < -0.4 is 5.73 Å².